The van der Waals surface area contributed by atoms with E-state index >= 15 is 0 Å². The Morgan fingerprint density at radius 2 is 2.04 bits per heavy atom. The minimum Gasteiger partial charge on any atom is -0.435 e. The van der Waals surface area contributed by atoms with Gasteiger partial charge in [0.1, 0.15) is 0 Å². The maximum absolute atomic E-state index is 12.7. The third-order valence-corrected chi connectivity index (χ3v) is 4.52. The number of hydrogen-bond donors (Lipinski definition) is 0. The van der Waals surface area contributed by atoms with Gasteiger partial charge in [-0.15, -0.1) is 0 Å². The van der Waals surface area contributed by atoms with Gasteiger partial charge < -0.3 is 14.4 Å². The molecule has 2 atom stereocenters. The van der Waals surface area contributed by atoms with Crippen LogP contribution in [0.4, 0.5) is 4.79 Å². The van der Waals surface area contributed by atoms with E-state index < -0.39 is 12.4 Å². The van der Waals surface area contributed by atoms with Crippen molar-refractivity contribution in [3.05, 3.63) is 33.8 Å². The van der Waals surface area contributed by atoms with Gasteiger partial charge in [0.2, 0.25) is 5.91 Å². The Bertz CT molecular complexity index is 608. The zero-order chi connectivity index (χ0) is 17.7. The van der Waals surface area contributed by atoms with Crippen LogP contribution < -0.4 is 0 Å². The molecule has 7 heteroatoms. The second kappa shape index (κ2) is 8.58. The fourth-order valence-electron chi connectivity index (χ4n) is 2.70. The first kappa shape index (κ1) is 18.9. The van der Waals surface area contributed by atoms with Gasteiger partial charge in [-0.1, -0.05) is 36.2 Å². The summed E-state index contributed by atoms with van der Waals surface area (Å²) in [5.74, 6) is 0.205. The molecule has 0 spiro atoms. The van der Waals surface area contributed by atoms with Crippen molar-refractivity contribution in [2.24, 2.45) is 5.92 Å². The molecule has 1 aromatic carbocycles. The second-order valence-corrected chi connectivity index (χ2v) is 6.74. The third kappa shape index (κ3) is 5.02. The molecule has 5 nitrogen and oxygen atoms in total. The van der Waals surface area contributed by atoms with Crippen LogP contribution in [-0.4, -0.2) is 36.3 Å². The summed E-state index contributed by atoms with van der Waals surface area (Å²) in [7, 11) is 0. The first-order valence-electron chi connectivity index (χ1n) is 7.97. The Labute approximate surface area is 151 Å². The van der Waals surface area contributed by atoms with Gasteiger partial charge in [0, 0.05) is 23.0 Å². The second-order valence-electron chi connectivity index (χ2n) is 5.90. The molecule has 0 saturated carbocycles. The zero-order valence-electron chi connectivity index (χ0n) is 13.8. The Balaban J connectivity index is 2.08. The topological polar surface area (TPSA) is 55.8 Å². The lowest BCUT2D eigenvalue weighted by atomic mass is 9.98. The summed E-state index contributed by atoms with van der Waals surface area (Å²) in [5.41, 5.74) is 0.694. The van der Waals surface area contributed by atoms with E-state index in [9.17, 15) is 9.59 Å². The molecule has 1 amide bonds. The number of piperidine rings is 1. The fourth-order valence-corrected chi connectivity index (χ4v) is 3.18. The highest BCUT2D eigenvalue weighted by Crippen LogP contribution is 2.26. The Morgan fingerprint density at radius 3 is 2.71 bits per heavy atom. The smallest absolute Gasteiger partial charge is 0.435 e. The molecule has 1 heterocycles. The van der Waals surface area contributed by atoms with E-state index in [-0.39, 0.29) is 18.9 Å². The van der Waals surface area contributed by atoms with Crippen molar-refractivity contribution in [1.82, 2.24) is 4.90 Å². The summed E-state index contributed by atoms with van der Waals surface area (Å²) in [5, 5.41) is 0.968. The molecule has 132 valence electrons. The van der Waals surface area contributed by atoms with E-state index in [1.807, 2.05) is 0 Å². The van der Waals surface area contributed by atoms with Crippen LogP contribution in [0.25, 0.3) is 0 Å². The first-order chi connectivity index (χ1) is 11.4. The SMILES string of the molecule is CCOC(=O)OC1CCC(C)CN1C(=O)Cc1ccc(Cl)cc1Cl. The lowest BCUT2D eigenvalue weighted by Crippen LogP contribution is -2.49. The van der Waals surface area contributed by atoms with Gasteiger partial charge in [-0.2, -0.15) is 0 Å². The minimum absolute atomic E-state index is 0.130. The van der Waals surface area contributed by atoms with E-state index in [2.05, 4.69) is 6.92 Å². The van der Waals surface area contributed by atoms with E-state index in [4.69, 9.17) is 32.7 Å². The van der Waals surface area contributed by atoms with Gasteiger partial charge in [0.15, 0.2) is 6.23 Å². The van der Waals surface area contributed by atoms with Crippen molar-refractivity contribution in [2.75, 3.05) is 13.2 Å². The number of ether oxygens (including phenoxy) is 2. The molecule has 1 saturated heterocycles. The van der Waals surface area contributed by atoms with Crippen LogP contribution in [0.15, 0.2) is 18.2 Å². The van der Waals surface area contributed by atoms with Gasteiger partial charge in [0.25, 0.3) is 0 Å². The average molecular weight is 374 g/mol. The van der Waals surface area contributed by atoms with E-state index in [0.29, 0.717) is 34.5 Å². The molecular formula is C17H21Cl2NO4. The summed E-state index contributed by atoms with van der Waals surface area (Å²) in [4.78, 5) is 25.9. The average Bonchev–Trinajstić information content (AvgIpc) is 2.52. The van der Waals surface area contributed by atoms with Crippen LogP contribution in [0.1, 0.15) is 32.3 Å². The molecule has 1 aliphatic heterocycles. The lowest BCUT2D eigenvalue weighted by Gasteiger charge is -2.37. The minimum atomic E-state index is -0.751. The van der Waals surface area contributed by atoms with Crippen molar-refractivity contribution in [3.63, 3.8) is 0 Å². The predicted molar refractivity (Wildman–Crippen MR) is 92.2 cm³/mol. The van der Waals surface area contributed by atoms with Gasteiger partial charge >= 0.3 is 6.16 Å². The van der Waals surface area contributed by atoms with Crippen molar-refractivity contribution < 1.29 is 19.1 Å². The molecule has 0 bridgehead atoms. The van der Waals surface area contributed by atoms with E-state index in [1.165, 1.54) is 0 Å². The van der Waals surface area contributed by atoms with Crippen LogP contribution in [0.2, 0.25) is 10.0 Å². The monoisotopic (exact) mass is 373 g/mol. The fraction of sp³-hybridized carbons (Fsp3) is 0.529. The van der Waals surface area contributed by atoms with Gasteiger partial charge in [0.05, 0.1) is 13.0 Å². The highest BCUT2D eigenvalue weighted by molar-refractivity contribution is 6.35. The summed E-state index contributed by atoms with van der Waals surface area (Å²) < 4.78 is 10.1. The van der Waals surface area contributed by atoms with Gasteiger partial charge in [-0.3, -0.25) is 4.79 Å². The molecule has 1 fully saturated rings. The van der Waals surface area contributed by atoms with Crippen molar-refractivity contribution >= 4 is 35.3 Å². The van der Waals surface area contributed by atoms with E-state index in [1.54, 1.807) is 30.0 Å². The largest absolute Gasteiger partial charge is 0.510 e. The number of benzene rings is 1. The van der Waals surface area contributed by atoms with Crippen molar-refractivity contribution in [2.45, 2.75) is 39.3 Å². The van der Waals surface area contributed by atoms with Crippen molar-refractivity contribution in [3.8, 4) is 0 Å². The molecule has 0 N–H and O–H groups in total. The number of likely N-dealkylation sites (tertiary alicyclic amines) is 1. The number of hydrogen-bond acceptors (Lipinski definition) is 4. The number of halogens is 2. The Kier molecular flexibility index (Phi) is 6.75. The molecular weight excluding hydrogens is 353 g/mol. The molecule has 1 aromatic rings. The third-order valence-electron chi connectivity index (χ3n) is 3.93. The Morgan fingerprint density at radius 1 is 1.29 bits per heavy atom. The molecule has 0 aliphatic carbocycles. The molecule has 2 rings (SSSR count). The molecule has 1 aliphatic rings. The number of nitrogens with zero attached hydrogens (tertiary/aromatic N) is 1. The molecule has 24 heavy (non-hydrogen) atoms. The summed E-state index contributed by atoms with van der Waals surface area (Å²) in [6.45, 7) is 4.54. The summed E-state index contributed by atoms with van der Waals surface area (Å²) >= 11 is 12.0. The molecule has 2 unspecified atom stereocenters. The van der Waals surface area contributed by atoms with Crippen LogP contribution in [-0.2, 0) is 20.7 Å². The maximum atomic E-state index is 12.7. The van der Waals surface area contributed by atoms with Gasteiger partial charge in [-0.05, 0) is 37.0 Å². The van der Waals surface area contributed by atoms with Crippen LogP contribution in [0.3, 0.4) is 0 Å². The Hall–Kier alpha value is -1.46. The predicted octanol–water partition coefficient (Wildman–Crippen LogP) is 4.29. The highest BCUT2D eigenvalue weighted by atomic mass is 35.5. The summed E-state index contributed by atoms with van der Waals surface area (Å²) in [6.07, 6.45) is 0.263. The molecule has 0 radical (unpaired) electrons. The zero-order valence-corrected chi connectivity index (χ0v) is 15.3. The quantitative estimate of drug-likeness (QED) is 0.738. The standard InChI is InChI=1S/C17H21Cl2NO4/c1-3-23-17(22)24-16-7-4-11(2)10-20(16)15(21)8-12-5-6-13(18)9-14(12)19/h5-6,9,11,16H,3-4,7-8,10H2,1-2H3. The number of rotatable bonds is 4. The number of amides is 1. The van der Waals surface area contributed by atoms with Gasteiger partial charge in [-0.25, -0.2) is 4.79 Å². The van der Waals surface area contributed by atoms with Crippen LogP contribution in [0, 0.1) is 5.92 Å². The molecule has 0 aromatic heterocycles. The maximum Gasteiger partial charge on any atom is 0.510 e. The number of carbonyl (C=O) groups is 2. The lowest BCUT2D eigenvalue weighted by molar-refractivity contribution is -0.148. The van der Waals surface area contributed by atoms with Crippen molar-refractivity contribution in [1.29, 1.82) is 0 Å². The van der Waals surface area contributed by atoms with Crippen LogP contribution >= 0.6 is 23.2 Å². The first-order valence-corrected chi connectivity index (χ1v) is 8.73. The van der Waals surface area contributed by atoms with E-state index in [0.717, 1.165) is 6.42 Å². The summed E-state index contributed by atoms with van der Waals surface area (Å²) in [6, 6.07) is 5.04. The normalized spacial score (nSPS) is 20.6. The van der Waals surface area contributed by atoms with Crippen LogP contribution in [0.5, 0.6) is 0 Å². The highest BCUT2D eigenvalue weighted by Gasteiger charge is 2.33. The number of carbonyl (C=O) groups excluding carboxylic acids is 2.